The smallest absolute Gasteiger partial charge is 0.343 e. The van der Waals surface area contributed by atoms with E-state index in [1.165, 1.54) is 26.2 Å². The lowest BCUT2D eigenvalue weighted by molar-refractivity contribution is -0.145. The molecule has 0 fully saturated rings. The molecule has 38 heavy (non-hydrogen) atoms. The van der Waals surface area contributed by atoms with E-state index in [0.717, 1.165) is 18.3 Å². The molecule has 202 valence electrons. The lowest BCUT2D eigenvalue weighted by atomic mass is 9.96. The summed E-state index contributed by atoms with van der Waals surface area (Å²) in [6.07, 6.45) is -0.160. The first-order valence-electron chi connectivity index (χ1n) is 12.4. The molecule has 0 aliphatic carbocycles. The van der Waals surface area contributed by atoms with Crippen molar-refractivity contribution in [1.82, 2.24) is 9.88 Å². The van der Waals surface area contributed by atoms with Crippen molar-refractivity contribution in [3.63, 3.8) is 0 Å². The fraction of sp³-hybridized carbons (Fsp3) is 0.345. The number of carboxylic acids is 1. The van der Waals surface area contributed by atoms with Crippen LogP contribution in [0, 0.1) is 11.7 Å². The maximum absolute atomic E-state index is 14.8. The Bertz CT molecular complexity index is 1300. The van der Waals surface area contributed by atoms with Crippen LogP contribution in [-0.2, 0) is 11.3 Å². The normalized spacial score (nSPS) is 12.9. The number of aliphatic hydroxyl groups is 1. The van der Waals surface area contributed by atoms with Crippen LogP contribution >= 0.6 is 0 Å². The molecule has 8 nitrogen and oxygen atoms in total. The molecule has 2 aromatic carbocycles. The first-order chi connectivity index (χ1) is 18.0. The molecule has 3 aromatic rings. The van der Waals surface area contributed by atoms with Crippen LogP contribution in [0.2, 0.25) is 0 Å². The number of carbonyl (C=O) groups excluding carboxylic acids is 1. The first kappa shape index (κ1) is 28.7. The summed E-state index contributed by atoms with van der Waals surface area (Å²) < 4.78 is 25.6. The molecule has 0 spiro atoms. The molecule has 0 aliphatic heterocycles. The molecule has 0 unspecified atom stereocenters. The van der Waals surface area contributed by atoms with Crippen LogP contribution in [0.3, 0.4) is 0 Å². The molecule has 2 atom stereocenters. The molecule has 1 heterocycles. The zero-order chi connectivity index (χ0) is 28.0. The van der Waals surface area contributed by atoms with Gasteiger partial charge in [0, 0.05) is 24.2 Å². The summed E-state index contributed by atoms with van der Waals surface area (Å²) in [6.45, 7) is 8.75. The SMILES string of the molecule is CCN(Cc1cc(C(=O)Oc2cccc([C@H](O)[C@H](C)C(=O)O)c2)ccc1-c1cc(OC)ncc1F)C(C)C. The molecule has 0 saturated heterocycles. The van der Waals surface area contributed by atoms with Crippen LogP contribution in [0.25, 0.3) is 11.1 Å². The zero-order valence-electron chi connectivity index (χ0n) is 22.1. The van der Waals surface area contributed by atoms with Gasteiger partial charge in [0.25, 0.3) is 0 Å². The minimum absolute atomic E-state index is 0.164. The van der Waals surface area contributed by atoms with E-state index in [-0.39, 0.29) is 23.2 Å². The average Bonchev–Trinajstić information content (AvgIpc) is 2.91. The van der Waals surface area contributed by atoms with Crippen molar-refractivity contribution in [2.45, 2.75) is 46.4 Å². The lowest BCUT2D eigenvalue weighted by Gasteiger charge is -2.26. The minimum Gasteiger partial charge on any atom is -0.481 e. The van der Waals surface area contributed by atoms with Crippen molar-refractivity contribution in [3.05, 3.63) is 77.2 Å². The lowest BCUT2D eigenvalue weighted by Crippen LogP contribution is -2.30. The van der Waals surface area contributed by atoms with Gasteiger partial charge in [-0.2, -0.15) is 0 Å². The second-order valence-corrected chi connectivity index (χ2v) is 9.27. The van der Waals surface area contributed by atoms with E-state index in [1.807, 2.05) is 6.92 Å². The molecule has 0 amide bonds. The van der Waals surface area contributed by atoms with Gasteiger partial charge in [-0.15, -0.1) is 0 Å². The Morgan fingerprint density at radius 3 is 2.45 bits per heavy atom. The highest BCUT2D eigenvalue weighted by molar-refractivity contribution is 5.92. The summed E-state index contributed by atoms with van der Waals surface area (Å²) in [7, 11) is 1.46. The predicted molar refractivity (Wildman–Crippen MR) is 141 cm³/mol. The monoisotopic (exact) mass is 524 g/mol. The summed E-state index contributed by atoms with van der Waals surface area (Å²) in [4.78, 5) is 30.4. The number of aliphatic carboxylic acids is 1. The number of methoxy groups -OCH3 is 1. The molecule has 0 aliphatic rings. The van der Waals surface area contributed by atoms with Gasteiger partial charge in [-0.1, -0.05) is 25.1 Å². The van der Waals surface area contributed by atoms with E-state index in [2.05, 4.69) is 23.7 Å². The standard InChI is InChI=1S/C29H33FN2O6/c1-6-32(17(2)3)16-21-12-20(10-11-23(21)24-14-26(37-5)31-15-25(24)30)29(36)38-22-9-7-8-19(13-22)27(33)18(4)28(34)35/h7-15,17-18,27,33H,6,16H2,1-5H3,(H,34,35)/t18-,27+/m0/s1. The number of halogens is 1. The highest BCUT2D eigenvalue weighted by Gasteiger charge is 2.24. The van der Waals surface area contributed by atoms with E-state index in [9.17, 15) is 24.2 Å². The minimum atomic E-state index is -1.26. The van der Waals surface area contributed by atoms with Gasteiger partial charge in [0.05, 0.1) is 30.9 Å². The number of nitrogens with zero attached hydrogens (tertiary/aromatic N) is 2. The Kier molecular flexibility index (Phi) is 9.55. The second kappa shape index (κ2) is 12.6. The third-order valence-corrected chi connectivity index (χ3v) is 6.45. The number of aliphatic hydroxyl groups excluding tert-OH is 1. The fourth-order valence-electron chi connectivity index (χ4n) is 4.08. The Balaban J connectivity index is 1.97. The second-order valence-electron chi connectivity index (χ2n) is 9.27. The number of ether oxygens (including phenoxy) is 2. The Morgan fingerprint density at radius 1 is 1.08 bits per heavy atom. The summed E-state index contributed by atoms with van der Waals surface area (Å²) >= 11 is 0. The molecular formula is C29H33FN2O6. The van der Waals surface area contributed by atoms with Crippen molar-refractivity contribution in [2.75, 3.05) is 13.7 Å². The number of esters is 1. The van der Waals surface area contributed by atoms with Gasteiger partial charge < -0.3 is 19.7 Å². The number of aromatic nitrogens is 1. The van der Waals surface area contributed by atoms with Crippen molar-refractivity contribution < 1.29 is 33.7 Å². The topological polar surface area (TPSA) is 109 Å². The van der Waals surface area contributed by atoms with Crippen LogP contribution < -0.4 is 9.47 Å². The van der Waals surface area contributed by atoms with Crippen molar-refractivity contribution >= 4 is 11.9 Å². The third-order valence-electron chi connectivity index (χ3n) is 6.45. The molecule has 0 radical (unpaired) electrons. The summed E-state index contributed by atoms with van der Waals surface area (Å²) in [5.41, 5.74) is 2.21. The van der Waals surface area contributed by atoms with E-state index in [0.29, 0.717) is 23.2 Å². The van der Waals surface area contributed by atoms with E-state index in [4.69, 9.17) is 9.47 Å². The van der Waals surface area contributed by atoms with Gasteiger partial charge in [0.15, 0.2) is 0 Å². The maximum Gasteiger partial charge on any atom is 0.343 e. The van der Waals surface area contributed by atoms with Gasteiger partial charge >= 0.3 is 11.9 Å². The number of hydrogen-bond donors (Lipinski definition) is 2. The third kappa shape index (κ3) is 6.73. The number of carboxylic acid groups (broad SMARTS) is 1. The number of benzene rings is 2. The molecule has 3 rings (SSSR count). The molecule has 0 saturated carbocycles. The van der Waals surface area contributed by atoms with Gasteiger partial charge in [-0.3, -0.25) is 9.69 Å². The largest absolute Gasteiger partial charge is 0.481 e. The van der Waals surface area contributed by atoms with Crippen molar-refractivity contribution in [3.8, 4) is 22.8 Å². The van der Waals surface area contributed by atoms with Gasteiger partial charge in [0.1, 0.15) is 11.6 Å². The van der Waals surface area contributed by atoms with Crippen LogP contribution in [0.4, 0.5) is 4.39 Å². The van der Waals surface area contributed by atoms with E-state index < -0.39 is 29.8 Å². The number of carbonyl (C=O) groups is 2. The molecule has 1 aromatic heterocycles. The zero-order valence-corrected chi connectivity index (χ0v) is 22.1. The Labute approximate surface area is 221 Å². The first-order valence-corrected chi connectivity index (χ1v) is 12.4. The number of pyridine rings is 1. The van der Waals surface area contributed by atoms with E-state index in [1.54, 1.807) is 36.4 Å². The summed E-state index contributed by atoms with van der Waals surface area (Å²) in [5, 5.41) is 19.5. The average molecular weight is 525 g/mol. The Morgan fingerprint density at radius 2 is 1.82 bits per heavy atom. The van der Waals surface area contributed by atoms with Crippen LogP contribution in [-0.4, -0.2) is 51.7 Å². The summed E-state index contributed by atoms with van der Waals surface area (Å²) in [6, 6.07) is 12.8. The molecule has 9 heteroatoms. The van der Waals surface area contributed by atoms with Crippen LogP contribution in [0.1, 0.15) is 55.3 Å². The van der Waals surface area contributed by atoms with E-state index >= 15 is 0 Å². The van der Waals surface area contributed by atoms with Crippen molar-refractivity contribution in [1.29, 1.82) is 0 Å². The summed E-state index contributed by atoms with van der Waals surface area (Å²) in [5.74, 6) is -2.90. The highest BCUT2D eigenvalue weighted by Crippen LogP contribution is 2.31. The highest BCUT2D eigenvalue weighted by atomic mass is 19.1. The van der Waals surface area contributed by atoms with Gasteiger partial charge in [-0.05, 0) is 68.3 Å². The van der Waals surface area contributed by atoms with Crippen LogP contribution in [0.5, 0.6) is 11.6 Å². The van der Waals surface area contributed by atoms with Crippen molar-refractivity contribution in [2.24, 2.45) is 5.92 Å². The Hall–Kier alpha value is -3.82. The molecule has 2 N–H and O–H groups in total. The maximum atomic E-state index is 14.8. The van der Waals surface area contributed by atoms with Crippen LogP contribution in [0.15, 0.2) is 54.7 Å². The molecular weight excluding hydrogens is 491 g/mol. The fourth-order valence-corrected chi connectivity index (χ4v) is 4.08. The quantitative estimate of drug-likeness (QED) is 0.263. The number of hydrogen-bond acceptors (Lipinski definition) is 7. The predicted octanol–water partition coefficient (Wildman–Crippen LogP) is 5.10. The molecule has 0 bridgehead atoms. The van der Waals surface area contributed by atoms with Gasteiger partial charge in [-0.25, -0.2) is 14.2 Å². The number of rotatable bonds is 11. The van der Waals surface area contributed by atoms with Gasteiger partial charge in [0.2, 0.25) is 5.88 Å².